The van der Waals surface area contributed by atoms with E-state index in [-0.39, 0.29) is 0 Å². The summed E-state index contributed by atoms with van der Waals surface area (Å²) in [5, 5.41) is 5.30. The van der Waals surface area contributed by atoms with Gasteiger partial charge in [-0.15, -0.1) is 0 Å². The molecule has 0 amide bonds. The molecule has 20 heavy (non-hydrogen) atoms. The van der Waals surface area contributed by atoms with E-state index < -0.39 is 0 Å². The molecule has 0 aliphatic carbocycles. The quantitative estimate of drug-likeness (QED) is 0.812. The summed E-state index contributed by atoms with van der Waals surface area (Å²) >= 11 is 17.9. The SMILES string of the molecule is CNC(Cc1ccc(Cl)cc1)Cc1ccc(Cl)c(Cl)c1. The number of hydrogen-bond donors (Lipinski definition) is 1. The normalized spacial score (nSPS) is 12.4. The van der Waals surface area contributed by atoms with Gasteiger partial charge >= 0.3 is 0 Å². The molecule has 0 fully saturated rings. The van der Waals surface area contributed by atoms with Crippen LogP contribution in [-0.4, -0.2) is 13.1 Å². The van der Waals surface area contributed by atoms with Crippen molar-refractivity contribution in [1.82, 2.24) is 5.32 Å². The molecule has 1 nitrogen and oxygen atoms in total. The molecule has 0 aromatic heterocycles. The molecule has 0 aliphatic rings. The molecule has 1 atom stereocenters. The Morgan fingerprint density at radius 2 is 1.45 bits per heavy atom. The first-order valence-corrected chi connectivity index (χ1v) is 7.57. The summed E-state index contributed by atoms with van der Waals surface area (Å²) in [6.45, 7) is 0. The summed E-state index contributed by atoms with van der Waals surface area (Å²) in [5.74, 6) is 0. The molecule has 106 valence electrons. The van der Waals surface area contributed by atoms with Crippen molar-refractivity contribution < 1.29 is 0 Å². The van der Waals surface area contributed by atoms with Gasteiger partial charge < -0.3 is 5.32 Å². The lowest BCUT2D eigenvalue weighted by molar-refractivity contribution is 0.556. The van der Waals surface area contributed by atoms with E-state index in [0.29, 0.717) is 16.1 Å². The molecule has 0 heterocycles. The summed E-state index contributed by atoms with van der Waals surface area (Å²) < 4.78 is 0. The fourth-order valence-electron chi connectivity index (χ4n) is 2.13. The van der Waals surface area contributed by atoms with Crippen molar-refractivity contribution in [2.24, 2.45) is 0 Å². The number of halogens is 3. The van der Waals surface area contributed by atoms with E-state index in [2.05, 4.69) is 17.4 Å². The van der Waals surface area contributed by atoms with Gasteiger partial charge in [-0.3, -0.25) is 0 Å². The van der Waals surface area contributed by atoms with Crippen LogP contribution < -0.4 is 5.32 Å². The molecular formula is C16H16Cl3N. The zero-order valence-corrected chi connectivity index (χ0v) is 13.4. The van der Waals surface area contributed by atoms with Crippen LogP contribution in [0.2, 0.25) is 15.1 Å². The van der Waals surface area contributed by atoms with Gasteiger partial charge in [0.1, 0.15) is 0 Å². The van der Waals surface area contributed by atoms with Crippen LogP contribution in [-0.2, 0) is 12.8 Å². The monoisotopic (exact) mass is 327 g/mol. The second kappa shape index (κ2) is 7.33. The van der Waals surface area contributed by atoms with Gasteiger partial charge in [0, 0.05) is 11.1 Å². The minimum atomic E-state index is 0.341. The molecule has 2 aromatic rings. The number of likely N-dealkylation sites (N-methyl/N-ethyl adjacent to an activating group) is 1. The van der Waals surface area contributed by atoms with E-state index in [1.165, 1.54) is 11.1 Å². The first-order valence-electron chi connectivity index (χ1n) is 6.44. The topological polar surface area (TPSA) is 12.0 Å². The van der Waals surface area contributed by atoms with Crippen LogP contribution in [0.25, 0.3) is 0 Å². The predicted octanol–water partition coefficient (Wildman–Crippen LogP) is 5.02. The van der Waals surface area contributed by atoms with Gasteiger partial charge in [-0.2, -0.15) is 0 Å². The molecule has 1 N–H and O–H groups in total. The third-order valence-electron chi connectivity index (χ3n) is 3.27. The number of hydrogen-bond acceptors (Lipinski definition) is 1. The number of rotatable bonds is 5. The predicted molar refractivity (Wildman–Crippen MR) is 88.2 cm³/mol. The summed E-state index contributed by atoms with van der Waals surface area (Å²) in [5.41, 5.74) is 2.43. The van der Waals surface area contributed by atoms with Crippen LogP contribution >= 0.6 is 34.8 Å². The summed E-state index contributed by atoms with van der Waals surface area (Å²) in [6, 6.07) is 14.1. The fourth-order valence-corrected chi connectivity index (χ4v) is 2.58. The lowest BCUT2D eigenvalue weighted by Gasteiger charge is -2.17. The van der Waals surface area contributed by atoms with Crippen molar-refractivity contribution in [3.8, 4) is 0 Å². The number of benzene rings is 2. The molecule has 0 saturated carbocycles. The van der Waals surface area contributed by atoms with E-state index >= 15 is 0 Å². The molecule has 0 saturated heterocycles. The maximum atomic E-state index is 6.05. The molecule has 0 radical (unpaired) electrons. The molecule has 2 aromatic carbocycles. The third kappa shape index (κ3) is 4.39. The van der Waals surface area contributed by atoms with Crippen LogP contribution in [0.4, 0.5) is 0 Å². The standard InChI is InChI=1S/C16H16Cl3N/c1-20-14(8-11-2-5-13(17)6-3-11)9-12-4-7-15(18)16(19)10-12/h2-7,10,14,20H,8-9H2,1H3. The molecule has 2 rings (SSSR count). The fraction of sp³-hybridized carbons (Fsp3) is 0.250. The minimum Gasteiger partial charge on any atom is -0.316 e. The van der Waals surface area contributed by atoms with E-state index in [0.717, 1.165) is 17.9 Å². The van der Waals surface area contributed by atoms with E-state index in [9.17, 15) is 0 Å². The summed E-state index contributed by atoms with van der Waals surface area (Å²) in [4.78, 5) is 0. The molecule has 4 heteroatoms. The Balaban J connectivity index is 2.04. The van der Waals surface area contributed by atoms with Crippen LogP contribution in [0.1, 0.15) is 11.1 Å². The Labute approximate surface area is 134 Å². The molecule has 0 aliphatic heterocycles. The van der Waals surface area contributed by atoms with Gasteiger partial charge in [0.2, 0.25) is 0 Å². The van der Waals surface area contributed by atoms with Gasteiger partial charge in [0.25, 0.3) is 0 Å². The smallest absolute Gasteiger partial charge is 0.0595 e. The van der Waals surface area contributed by atoms with Crippen LogP contribution in [0.3, 0.4) is 0 Å². The average molecular weight is 329 g/mol. The van der Waals surface area contributed by atoms with E-state index in [1.807, 2.05) is 37.4 Å². The Morgan fingerprint density at radius 3 is 2.05 bits per heavy atom. The molecule has 0 spiro atoms. The highest BCUT2D eigenvalue weighted by atomic mass is 35.5. The third-order valence-corrected chi connectivity index (χ3v) is 4.26. The Kier molecular flexibility index (Phi) is 5.74. The molecule has 1 unspecified atom stereocenters. The minimum absolute atomic E-state index is 0.341. The largest absolute Gasteiger partial charge is 0.316 e. The first kappa shape index (κ1) is 15.7. The Bertz CT molecular complexity index is 566. The lowest BCUT2D eigenvalue weighted by Crippen LogP contribution is -2.29. The Morgan fingerprint density at radius 1 is 0.850 bits per heavy atom. The van der Waals surface area contributed by atoms with E-state index in [1.54, 1.807) is 0 Å². The lowest BCUT2D eigenvalue weighted by atomic mass is 9.99. The van der Waals surface area contributed by atoms with Crippen LogP contribution in [0.15, 0.2) is 42.5 Å². The maximum absolute atomic E-state index is 6.05. The van der Waals surface area contributed by atoms with Gasteiger partial charge in [-0.05, 0) is 55.3 Å². The average Bonchev–Trinajstić information content (AvgIpc) is 2.44. The number of nitrogens with one attached hydrogen (secondary N) is 1. The summed E-state index contributed by atoms with van der Waals surface area (Å²) in [7, 11) is 1.97. The van der Waals surface area contributed by atoms with Crippen LogP contribution in [0, 0.1) is 0 Å². The van der Waals surface area contributed by atoms with Crippen molar-refractivity contribution >= 4 is 34.8 Å². The van der Waals surface area contributed by atoms with Gasteiger partial charge in [0.05, 0.1) is 10.0 Å². The Hall–Kier alpha value is -0.730. The highest BCUT2D eigenvalue weighted by molar-refractivity contribution is 6.42. The van der Waals surface area contributed by atoms with Crippen molar-refractivity contribution in [3.63, 3.8) is 0 Å². The zero-order valence-electron chi connectivity index (χ0n) is 11.2. The zero-order chi connectivity index (χ0) is 14.5. The van der Waals surface area contributed by atoms with Crippen molar-refractivity contribution in [2.45, 2.75) is 18.9 Å². The highest BCUT2D eigenvalue weighted by Crippen LogP contribution is 2.23. The van der Waals surface area contributed by atoms with Crippen molar-refractivity contribution in [1.29, 1.82) is 0 Å². The van der Waals surface area contributed by atoms with Gasteiger partial charge in [0.15, 0.2) is 0 Å². The molecule has 0 bridgehead atoms. The summed E-state index contributed by atoms with van der Waals surface area (Å²) in [6.07, 6.45) is 1.84. The first-order chi connectivity index (χ1) is 9.58. The van der Waals surface area contributed by atoms with Crippen molar-refractivity contribution in [3.05, 3.63) is 68.7 Å². The second-order valence-corrected chi connectivity index (χ2v) is 6.02. The second-order valence-electron chi connectivity index (χ2n) is 4.77. The van der Waals surface area contributed by atoms with Gasteiger partial charge in [-0.25, -0.2) is 0 Å². The van der Waals surface area contributed by atoms with Crippen LogP contribution in [0.5, 0.6) is 0 Å². The maximum Gasteiger partial charge on any atom is 0.0595 e. The van der Waals surface area contributed by atoms with Crippen molar-refractivity contribution in [2.75, 3.05) is 7.05 Å². The molecular weight excluding hydrogens is 313 g/mol. The van der Waals surface area contributed by atoms with E-state index in [4.69, 9.17) is 34.8 Å². The van der Waals surface area contributed by atoms with Gasteiger partial charge in [-0.1, -0.05) is 53.0 Å². The highest BCUT2D eigenvalue weighted by Gasteiger charge is 2.09.